The lowest BCUT2D eigenvalue weighted by Crippen LogP contribution is -1.90. The second-order valence-electron chi connectivity index (χ2n) is 2.21. The van der Waals surface area contributed by atoms with Crippen molar-refractivity contribution in [2.75, 3.05) is 11.9 Å². The molecule has 0 atom stereocenters. The Morgan fingerprint density at radius 3 is 2.91 bits per heavy atom. The van der Waals surface area contributed by atoms with Crippen LogP contribution in [0.5, 0.6) is 0 Å². The second kappa shape index (κ2) is 4.42. The first-order chi connectivity index (χ1) is 4.47. The molecule has 0 spiro atoms. The fourth-order valence-corrected chi connectivity index (χ4v) is 1.13. The molecule has 0 aromatic carbocycles. The summed E-state index contributed by atoms with van der Waals surface area (Å²) in [4.78, 5) is 3.99. The van der Waals surface area contributed by atoms with Gasteiger partial charge in [0.1, 0.15) is 0 Å². The lowest BCUT2D eigenvalue weighted by molar-refractivity contribution is 1.10. The summed E-state index contributed by atoms with van der Waals surface area (Å²) in [6, 6.07) is 2.06. The number of fused-ring (bicyclic) bond motifs is 1. The largest absolute Gasteiger partial charge is 0.383 e. The van der Waals surface area contributed by atoms with Gasteiger partial charge in [0.25, 0.3) is 0 Å². The molecule has 0 aliphatic carbocycles. The highest BCUT2D eigenvalue weighted by Crippen LogP contribution is 2.18. The molecule has 62 valence electrons. The zero-order valence-corrected chi connectivity index (χ0v) is 7.54. The van der Waals surface area contributed by atoms with Crippen molar-refractivity contribution in [3.63, 3.8) is 0 Å². The number of pyridine rings is 1. The van der Waals surface area contributed by atoms with Gasteiger partial charge in [0.05, 0.1) is 11.9 Å². The molecular formula is C7H10Cl2N2. The van der Waals surface area contributed by atoms with Gasteiger partial charge in [-0.3, -0.25) is 4.98 Å². The van der Waals surface area contributed by atoms with Crippen LogP contribution in [0.25, 0.3) is 0 Å². The average molecular weight is 193 g/mol. The third-order valence-electron chi connectivity index (χ3n) is 1.62. The van der Waals surface area contributed by atoms with Crippen LogP contribution in [0.15, 0.2) is 18.5 Å². The third kappa shape index (κ3) is 1.98. The van der Waals surface area contributed by atoms with Crippen LogP contribution in [0, 0.1) is 0 Å². The Balaban J connectivity index is 0.000000500. The van der Waals surface area contributed by atoms with Crippen LogP contribution in [0.3, 0.4) is 0 Å². The molecule has 1 aliphatic heterocycles. The Morgan fingerprint density at radius 1 is 1.36 bits per heavy atom. The van der Waals surface area contributed by atoms with E-state index >= 15 is 0 Å². The Kier molecular flexibility index (Phi) is 4.23. The van der Waals surface area contributed by atoms with Crippen LogP contribution in [-0.2, 0) is 6.42 Å². The molecule has 0 bridgehead atoms. The summed E-state index contributed by atoms with van der Waals surface area (Å²) >= 11 is 0. The minimum Gasteiger partial charge on any atom is -0.383 e. The minimum atomic E-state index is 0. The summed E-state index contributed by atoms with van der Waals surface area (Å²) in [5, 5.41) is 3.24. The van der Waals surface area contributed by atoms with Gasteiger partial charge in [-0.2, -0.15) is 0 Å². The van der Waals surface area contributed by atoms with Crippen LogP contribution in [0.1, 0.15) is 5.56 Å². The molecule has 2 rings (SSSR count). The summed E-state index contributed by atoms with van der Waals surface area (Å²) in [5.74, 6) is 0. The first-order valence-electron chi connectivity index (χ1n) is 3.13. The number of anilines is 1. The molecule has 4 heteroatoms. The van der Waals surface area contributed by atoms with E-state index in [4.69, 9.17) is 0 Å². The van der Waals surface area contributed by atoms with Crippen LogP contribution >= 0.6 is 24.8 Å². The highest BCUT2D eigenvalue weighted by atomic mass is 35.5. The maximum absolute atomic E-state index is 3.99. The molecule has 0 radical (unpaired) electrons. The lowest BCUT2D eigenvalue weighted by Gasteiger charge is -1.93. The molecule has 1 aliphatic rings. The molecule has 11 heavy (non-hydrogen) atoms. The van der Waals surface area contributed by atoms with Crippen molar-refractivity contribution < 1.29 is 0 Å². The zero-order chi connectivity index (χ0) is 6.10. The number of hydrogen-bond acceptors (Lipinski definition) is 2. The van der Waals surface area contributed by atoms with Crippen molar-refractivity contribution in [3.05, 3.63) is 24.0 Å². The van der Waals surface area contributed by atoms with Gasteiger partial charge < -0.3 is 5.32 Å². The van der Waals surface area contributed by atoms with Gasteiger partial charge in [-0.05, 0) is 18.1 Å². The Labute approximate surface area is 78.2 Å². The van der Waals surface area contributed by atoms with Gasteiger partial charge in [-0.1, -0.05) is 0 Å². The fraction of sp³-hybridized carbons (Fsp3) is 0.286. The van der Waals surface area contributed by atoms with E-state index < -0.39 is 0 Å². The van der Waals surface area contributed by atoms with Crippen molar-refractivity contribution in [3.8, 4) is 0 Å². The number of halogens is 2. The van der Waals surface area contributed by atoms with E-state index in [1.54, 1.807) is 0 Å². The van der Waals surface area contributed by atoms with Crippen LogP contribution in [-0.4, -0.2) is 11.5 Å². The molecule has 0 amide bonds. The van der Waals surface area contributed by atoms with Crippen LogP contribution < -0.4 is 5.32 Å². The number of nitrogens with zero attached hydrogens (tertiary/aromatic N) is 1. The standard InChI is InChI=1S/C7H8N2.2ClH/c1-3-8-5-7-6(1)2-4-9-7;;/h1,3,5,9H,2,4H2;2*1H. The second-order valence-corrected chi connectivity index (χ2v) is 2.21. The molecule has 1 N–H and O–H groups in total. The van der Waals surface area contributed by atoms with Gasteiger partial charge in [0, 0.05) is 12.7 Å². The summed E-state index contributed by atoms with van der Waals surface area (Å²) in [5.41, 5.74) is 2.60. The van der Waals surface area contributed by atoms with Crippen molar-refractivity contribution in [1.29, 1.82) is 0 Å². The molecule has 1 aromatic rings. The minimum absolute atomic E-state index is 0. The molecule has 2 nitrogen and oxygen atoms in total. The molecule has 0 saturated carbocycles. The van der Waals surface area contributed by atoms with E-state index in [1.807, 2.05) is 12.4 Å². The van der Waals surface area contributed by atoms with Gasteiger partial charge in [-0.25, -0.2) is 0 Å². The number of aromatic nitrogens is 1. The smallest absolute Gasteiger partial charge is 0.0560 e. The van der Waals surface area contributed by atoms with Crippen molar-refractivity contribution in [1.82, 2.24) is 4.98 Å². The first-order valence-corrected chi connectivity index (χ1v) is 3.13. The van der Waals surface area contributed by atoms with E-state index in [2.05, 4.69) is 16.4 Å². The first kappa shape index (κ1) is 10.5. The monoisotopic (exact) mass is 192 g/mol. The van der Waals surface area contributed by atoms with Gasteiger partial charge in [0.15, 0.2) is 0 Å². The Bertz CT molecular complexity index is 204. The van der Waals surface area contributed by atoms with Gasteiger partial charge in [-0.15, -0.1) is 24.8 Å². The van der Waals surface area contributed by atoms with Crippen molar-refractivity contribution in [2.45, 2.75) is 6.42 Å². The molecule has 0 unspecified atom stereocenters. The zero-order valence-electron chi connectivity index (χ0n) is 5.91. The van der Waals surface area contributed by atoms with Gasteiger partial charge >= 0.3 is 0 Å². The molecule has 0 fully saturated rings. The summed E-state index contributed by atoms with van der Waals surface area (Å²) in [6.07, 6.45) is 4.87. The van der Waals surface area contributed by atoms with E-state index in [-0.39, 0.29) is 24.8 Å². The maximum Gasteiger partial charge on any atom is 0.0560 e. The molecule has 1 aromatic heterocycles. The number of rotatable bonds is 0. The highest BCUT2D eigenvalue weighted by molar-refractivity contribution is 5.85. The normalized spacial score (nSPS) is 12.0. The molecule has 0 saturated heterocycles. The SMILES string of the molecule is Cl.Cl.c1cc2c(cn1)NCC2. The Morgan fingerprint density at radius 2 is 2.18 bits per heavy atom. The maximum atomic E-state index is 3.99. The van der Waals surface area contributed by atoms with E-state index in [0.717, 1.165) is 13.0 Å². The van der Waals surface area contributed by atoms with Crippen LogP contribution in [0.2, 0.25) is 0 Å². The van der Waals surface area contributed by atoms with E-state index in [9.17, 15) is 0 Å². The van der Waals surface area contributed by atoms with E-state index in [0.29, 0.717) is 0 Å². The average Bonchev–Trinajstić information content (AvgIpc) is 2.33. The van der Waals surface area contributed by atoms with E-state index in [1.165, 1.54) is 11.3 Å². The fourth-order valence-electron chi connectivity index (χ4n) is 1.13. The molecular weight excluding hydrogens is 183 g/mol. The third-order valence-corrected chi connectivity index (χ3v) is 1.62. The summed E-state index contributed by atoms with van der Waals surface area (Å²) in [6.45, 7) is 1.07. The van der Waals surface area contributed by atoms with Crippen molar-refractivity contribution >= 4 is 30.5 Å². The Hall–Kier alpha value is -0.470. The number of nitrogens with one attached hydrogen (secondary N) is 1. The quantitative estimate of drug-likeness (QED) is 0.680. The lowest BCUT2D eigenvalue weighted by atomic mass is 10.2. The van der Waals surface area contributed by atoms with Crippen LogP contribution in [0.4, 0.5) is 5.69 Å². The molecule has 2 heterocycles. The summed E-state index contributed by atoms with van der Waals surface area (Å²) < 4.78 is 0. The summed E-state index contributed by atoms with van der Waals surface area (Å²) in [7, 11) is 0. The topological polar surface area (TPSA) is 24.9 Å². The predicted octanol–water partition coefficient (Wildman–Crippen LogP) is 1.89. The van der Waals surface area contributed by atoms with Gasteiger partial charge in [0.2, 0.25) is 0 Å². The highest BCUT2D eigenvalue weighted by Gasteiger charge is 2.06. The van der Waals surface area contributed by atoms with Crippen molar-refractivity contribution in [2.24, 2.45) is 0 Å². The number of hydrogen-bond donors (Lipinski definition) is 1. The predicted molar refractivity (Wildman–Crippen MR) is 50.9 cm³/mol.